The van der Waals surface area contributed by atoms with Crippen LogP contribution in [0, 0.1) is 0 Å². The second kappa shape index (κ2) is 7.77. The number of nitrogens with zero attached hydrogens (tertiary/aromatic N) is 1. The topological polar surface area (TPSA) is 32.7 Å². The summed E-state index contributed by atoms with van der Waals surface area (Å²) in [5.74, 6) is 0.635. The van der Waals surface area contributed by atoms with Crippen molar-refractivity contribution in [3.63, 3.8) is 0 Å². The van der Waals surface area contributed by atoms with Gasteiger partial charge in [0, 0.05) is 18.1 Å². The van der Waals surface area contributed by atoms with Crippen molar-refractivity contribution in [2.75, 3.05) is 32.8 Å². The van der Waals surface area contributed by atoms with Crippen molar-refractivity contribution >= 4 is 23.2 Å². The lowest BCUT2D eigenvalue weighted by molar-refractivity contribution is 0.174. The fourth-order valence-corrected chi connectivity index (χ4v) is 1.91. The normalized spacial score (nSPS) is 10.9. The molecule has 5 heteroatoms. The summed E-state index contributed by atoms with van der Waals surface area (Å²) in [4.78, 5) is 2.10. The van der Waals surface area contributed by atoms with Crippen LogP contribution >= 0.6 is 23.2 Å². The number of halogens is 2. The van der Waals surface area contributed by atoms with E-state index in [1.807, 2.05) is 6.92 Å². The van der Waals surface area contributed by atoms with Crippen molar-refractivity contribution in [2.45, 2.75) is 6.92 Å². The molecule has 0 amide bonds. The zero-order valence-corrected chi connectivity index (χ0v) is 11.3. The molecule has 1 aromatic rings. The lowest BCUT2D eigenvalue weighted by Gasteiger charge is -2.19. The van der Waals surface area contributed by atoms with Crippen LogP contribution in [0.2, 0.25) is 10.0 Å². The van der Waals surface area contributed by atoms with Crippen molar-refractivity contribution in [3.05, 3.63) is 28.2 Å². The van der Waals surface area contributed by atoms with Crippen molar-refractivity contribution in [3.8, 4) is 5.75 Å². The van der Waals surface area contributed by atoms with Gasteiger partial charge >= 0.3 is 0 Å². The summed E-state index contributed by atoms with van der Waals surface area (Å²) < 4.78 is 5.56. The monoisotopic (exact) mass is 277 g/mol. The summed E-state index contributed by atoms with van der Waals surface area (Å²) in [5.41, 5.74) is 0. The van der Waals surface area contributed by atoms with Gasteiger partial charge in [-0.2, -0.15) is 0 Å². The Balaban J connectivity index is 2.39. The lowest BCUT2D eigenvalue weighted by atomic mass is 10.3. The van der Waals surface area contributed by atoms with E-state index in [4.69, 9.17) is 33.0 Å². The summed E-state index contributed by atoms with van der Waals surface area (Å²) in [6.45, 7) is 5.05. The summed E-state index contributed by atoms with van der Waals surface area (Å²) in [5, 5.41) is 9.95. The summed E-state index contributed by atoms with van der Waals surface area (Å²) in [6, 6.07) is 5.16. The summed E-state index contributed by atoms with van der Waals surface area (Å²) >= 11 is 11.8. The third-order valence-electron chi connectivity index (χ3n) is 2.42. The van der Waals surface area contributed by atoms with E-state index >= 15 is 0 Å². The zero-order chi connectivity index (χ0) is 12.7. The van der Waals surface area contributed by atoms with Crippen LogP contribution in [-0.4, -0.2) is 42.9 Å². The lowest BCUT2D eigenvalue weighted by Crippen LogP contribution is -2.30. The van der Waals surface area contributed by atoms with Crippen molar-refractivity contribution in [2.24, 2.45) is 0 Å². The number of hydrogen-bond acceptors (Lipinski definition) is 3. The Labute approximate surface area is 112 Å². The summed E-state index contributed by atoms with van der Waals surface area (Å²) in [6.07, 6.45) is 0. The first-order valence-electron chi connectivity index (χ1n) is 5.58. The number of aliphatic hydroxyl groups is 1. The molecule has 96 valence electrons. The Morgan fingerprint density at radius 3 is 2.65 bits per heavy atom. The first kappa shape index (κ1) is 14.6. The Hall–Kier alpha value is -0.480. The number of aliphatic hydroxyl groups excluding tert-OH is 1. The smallest absolute Gasteiger partial charge is 0.138 e. The predicted molar refractivity (Wildman–Crippen MR) is 71.2 cm³/mol. The van der Waals surface area contributed by atoms with Crippen LogP contribution in [-0.2, 0) is 0 Å². The molecule has 0 bridgehead atoms. The van der Waals surface area contributed by atoms with Crippen molar-refractivity contribution in [1.82, 2.24) is 4.90 Å². The Morgan fingerprint density at radius 2 is 2.06 bits per heavy atom. The van der Waals surface area contributed by atoms with Crippen LogP contribution in [0.5, 0.6) is 5.75 Å². The third-order valence-corrected chi connectivity index (χ3v) is 2.95. The standard InChI is InChI=1S/C12H17Cl2NO2/c1-2-15(5-7-16)6-8-17-12-4-3-10(13)9-11(12)14/h3-4,9,16H,2,5-8H2,1H3. The van der Waals surface area contributed by atoms with E-state index in [1.165, 1.54) is 0 Å². The average Bonchev–Trinajstić information content (AvgIpc) is 2.30. The maximum Gasteiger partial charge on any atom is 0.138 e. The van der Waals surface area contributed by atoms with E-state index in [-0.39, 0.29) is 6.61 Å². The van der Waals surface area contributed by atoms with Crippen LogP contribution in [0.4, 0.5) is 0 Å². The van der Waals surface area contributed by atoms with E-state index < -0.39 is 0 Å². The molecule has 0 unspecified atom stereocenters. The largest absolute Gasteiger partial charge is 0.491 e. The summed E-state index contributed by atoms with van der Waals surface area (Å²) in [7, 11) is 0. The Morgan fingerprint density at radius 1 is 1.29 bits per heavy atom. The number of likely N-dealkylation sites (N-methyl/N-ethyl adjacent to an activating group) is 1. The van der Waals surface area contributed by atoms with E-state index in [9.17, 15) is 0 Å². The first-order valence-corrected chi connectivity index (χ1v) is 6.34. The molecule has 0 aliphatic rings. The first-order chi connectivity index (χ1) is 8.17. The number of hydrogen-bond donors (Lipinski definition) is 1. The molecule has 0 aromatic heterocycles. The van der Waals surface area contributed by atoms with Gasteiger partial charge in [0.1, 0.15) is 12.4 Å². The van der Waals surface area contributed by atoms with Gasteiger partial charge in [0.25, 0.3) is 0 Å². The zero-order valence-electron chi connectivity index (χ0n) is 9.83. The van der Waals surface area contributed by atoms with Gasteiger partial charge in [-0.05, 0) is 24.7 Å². The molecular formula is C12H17Cl2NO2. The van der Waals surface area contributed by atoms with Crippen LogP contribution in [0.3, 0.4) is 0 Å². The van der Waals surface area contributed by atoms with Gasteiger partial charge in [-0.15, -0.1) is 0 Å². The molecule has 3 nitrogen and oxygen atoms in total. The molecule has 17 heavy (non-hydrogen) atoms. The Bertz CT molecular complexity index is 347. The molecule has 0 radical (unpaired) electrons. The van der Waals surface area contributed by atoms with Gasteiger partial charge in [-0.3, -0.25) is 4.90 Å². The molecular weight excluding hydrogens is 261 g/mol. The molecule has 1 rings (SSSR count). The molecule has 0 saturated carbocycles. The maximum absolute atomic E-state index is 8.84. The molecule has 0 aliphatic carbocycles. The van der Waals surface area contributed by atoms with Gasteiger partial charge in [0.2, 0.25) is 0 Å². The highest BCUT2D eigenvalue weighted by molar-refractivity contribution is 6.35. The van der Waals surface area contributed by atoms with Crippen LogP contribution in [0.15, 0.2) is 18.2 Å². The van der Waals surface area contributed by atoms with Gasteiger partial charge in [0.05, 0.1) is 11.6 Å². The maximum atomic E-state index is 8.84. The van der Waals surface area contributed by atoms with Crippen LogP contribution < -0.4 is 4.74 Å². The highest BCUT2D eigenvalue weighted by Crippen LogP contribution is 2.27. The van der Waals surface area contributed by atoms with E-state index in [0.29, 0.717) is 28.9 Å². The Kier molecular flexibility index (Phi) is 6.66. The minimum absolute atomic E-state index is 0.162. The third kappa shape index (κ3) is 5.13. The minimum Gasteiger partial charge on any atom is -0.491 e. The van der Waals surface area contributed by atoms with Crippen molar-refractivity contribution in [1.29, 1.82) is 0 Å². The number of benzene rings is 1. The fourth-order valence-electron chi connectivity index (χ4n) is 1.45. The number of rotatable bonds is 7. The number of ether oxygens (including phenoxy) is 1. The second-order valence-corrected chi connectivity index (χ2v) is 4.42. The predicted octanol–water partition coefficient (Wildman–Crippen LogP) is 2.69. The van der Waals surface area contributed by atoms with Gasteiger partial charge in [-0.25, -0.2) is 0 Å². The molecule has 0 heterocycles. The average molecular weight is 278 g/mol. The quantitative estimate of drug-likeness (QED) is 0.832. The molecule has 0 atom stereocenters. The molecule has 0 aliphatic heterocycles. The van der Waals surface area contributed by atoms with Crippen LogP contribution in [0.25, 0.3) is 0 Å². The molecule has 0 spiro atoms. The molecule has 0 fully saturated rings. The molecule has 1 aromatic carbocycles. The van der Waals surface area contributed by atoms with Gasteiger partial charge in [0.15, 0.2) is 0 Å². The minimum atomic E-state index is 0.162. The molecule has 1 N–H and O–H groups in total. The SMILES string of the molecule is CCN(CCO)CCOc1ccc(Cl)cc1Cl. The van der Waals surface area contributed by atoms with Gasteiger partial charge in [-0.1, -0.05) is 30.1 Å². The van der Waals surface area contributed by atoms with E-state index in [1.54, 1.807) is 18.2 Å². The van der Waals surface area contributed by atoms with Crippen molar-refractivity contribution < 1.29 is 9.84 Å². The molecule has 0 saturated heterocycles. The van der Waals surface area contributed by atoms with E-state index in [0.717, 1.165) is 13.1 Å². The highest BCUT2D eigenvalue weighted by atomic mass is 35.5. The van der Waals surface area contributed by atoms with Gasteiger partial charge < -0.3 is 9.84 Å². The highest BCUT2D eigenvalue weighted by Gasteiger charge is 2.04. The fraction of sp³-hybridized carbons (Fsp3) is 0.500. The van der Waals surface area contributed by atoms with Crippen LogP contribution in [0.1, 0.15) is 6.92 Å². The van der Waals surface area contributed by atoms with E-state index in [2.05, 4.69) is 4.90 Å². The second-order valence-electron chi connectivity index (χ2n) is 3.58.